The molecule has 2 aromatic rings. The summed E-state index contributed by atoms with van der Waals surface area (Å²) in [6, 6.07) is 8.20. The van der Waals surface area contributed by atoms with Crippen LogP contribution in [-0.2, 0) is 0 Å². The van der Waals surface area contributed by atoms with Gasteiger partial charge in [0.1, 0.15) is 0 Å². The molecule has 1 N–H and O–H groups in total. The number of H-pyrrole nitrogens is 1. The van der Waals surface area contributed by atoms with Gasteiger partial charge in [-0.1, -0.05) is 12.1 Å². The Morgan fingerprint density at radius 2 is 2.17 bits per heavy atom. The van der Waals surface area contributed by atoms with E-state index in [0.29, 0.717) is 12.0 Å². The molecule has 1 amide bonds. The molecule has 3 nitrogen and oxygen atoms in total. The predicted octanol–water partition coefficient (Wildman–Crippen LogP) is 3.04. The van der Waals surface area contributed by atoms with Gasteiger partial charge >= 0.3 is 0 Å². The molecule has 18 heavy (non-hydrogen) atoms. The van der Waals surface area contributed by atoms with Gasteiger partial charge in [0.2, 0.25) is 0 Å². The summed E-state index contributed by atoms with van der Waals surface area (Å²) in [5.41, 5.74) is 1.71. The molecule has 3 heteroatoms. The highest BCUT2D eigenvalue weighted by atomic mass is 16.2. The third-order valence-electron chi connectivity index (χ3n) is 4.05. The lowest BCUT2D eigenvalue weighted by molar-refractivity contribution is 0.0729. The van der Waals surface area contributed by atoms with Crippen LogP contribution in [0.25, 0.3) is 10.9 Å². The van der Waals surface area contributed by atoms with Crippen molar-refractivity contribution in [1.82, 2.24) is 9.88 Å². The number of para-hydroxylation sites is 1. The van der Waals surface area contributed by atoms with Crippen molar-refractivity contribution in [3.63, 3.8) is 0 Å². The fourth-order valence-electron chi connectivity index (χ4n) is 2.53. The number of amides is 1. The maximum absolute atomic E-state index is 12.5. The van der Waals surface area contributed by atoms with Crippen LogP contribution in [0.5, 0.6) is 0 Å². The molecule has 0 radical (unpaired) electrons. The molecule has 0 saturated heterocycles. The van der Waals surface area contributed by atoms with Crippen LogP contribution in [0.15, 0.2) is 30.5 Å². The van der Waals surface area contributed by atoms with E-state index in [-0.39, 0.29) is 5.91 Å². The fraction of sp³-hybridized carbons (Fsp3) is 0.400. The maximum atomic E-state index is 12.5. The van der Waals surface area contributed by atoms with Crippen LogP contribution >= 0.6 is 0 Å². The van der Waals surface area contributed by atoms with Gasteiger partial charge in [-0.15, -0.1) is 0 Å². The third kappa shape index (κ3) is 1.80. The molecule has 1 aliphatic carbocycles. The highest BCUT2D eigenvalue weighted by Gasteiger charge is 2.33. The Bertz CT molecular complexity index is 583. The second-order valence-corrected chi connectivity index (χ2v) is 5.24. The van der Waals surface area contributed by atoms with Crippen LogP contribution in [0.1, 0.15) is 30.1 Å². The van der Waals surface area contributed by atoms with Crippen LogP contribution in [0, 0.1) is 5.92 Å². The van der Waals surface area contributed by atoms with Gasteiger partial charge in [-0.25, -0.2) is 0 Å². The number of aromatic nitrogens is 1. The second-order valence-electron chi connectivity index (χ2n) is 5.24. The molecular weight excluding hydrogens is 224 g/mol. The summed E-state index contributed by atoms with van der Waals surface area (Å²) in [4.78, 5) is 17.6. The van der Waals surface area contributed by atoms with Crippen molar-refractivity contribution in [2.24, 2.45) is 5.92 Å². The van der Waals surface area contributed by atoms with Crippen LogP contribution in [0.3, 0.4) is 0 Å². The quantitative estimate of drug-likeness (QED) is 0.882. The summed E-state index contributed by atoms with van der Waals surface area (Å²) in [7, 11) is 1.91. The minimum Gasteiger partial charge on any atom is -0.361 e. The Morgan fingerprint density at radius 3 is 2.89 bits per heavy atom. The van der Waals surface area contributed by atoms with E-state index >= 15 is 0 Å². The highest BCUT2D eigenvalue weighted by Crippen LogP contribution is 2.35. The zero-order valence-electron chi connectivity index (χ0n) is 10.8. The third-order valence-corrected chi connectivity index (χ3v) is 4.05. The van der Waals surface area contributed by atoms with E-state index < -0.39 is 0 Å². The first-order chi connectivity index (χ1) is 8.68. The van der Waals surface area contributed by atoms with E-state index in [9.17, 15) is 4.79 Å². The number of rotatable bonds is 3. The Balaban J connectivity index is 1.93. The SMILES string of the molecule is CC(C1CC1)N(C)C(=O)c1cccc2cc[nH]c12. The molecule has 1 heterocycles. The Morgan fingerprint density at radius 1 is 1.39 bits per heavy atom. The van der Waals surface area contributed by atoms with Crippen LogP contribution in [0.2, 0.25) is 0 Å². The van der Waals surface area contributed by atoms with Crippen LogP contribution < -0.4 is 0 Å². The van der Waals surface area contributed by atoms with Crippen molar-refractivity contribution in [2.75, 3.05) is 7.05 Å². The molecule has 1 saturated carbocycles. The molecule has 1 aliphatic rings. The highest BCUT2D eigenvalue weighted by molar-refractivity contribution is 6.05. The van der Waals surface area contributed by atoms with Crippen molar-refractivity contribution >= 4 is 16.8 Å². The average Bonchev–Trinajstić information content (AvgIpc) is 3.13. The van der Waals surface area contributed by atoms with E-state index in [4.69, 9.17) is 0 Å². The summed E-state index contributed by atoms with van der Waals surface area (Å²) in [6.07, 6.45) is 4.39. The standard InChI is InChI=1S/C15H18N2O/c1-10(11-6-7-11)17(2)15(18)13-5-3-4-12-8-9-16-14(12)13/h3-5,8-11,16H,6-7H2,1-2H3. The van der Waals surface area contributed by atoms with Crippen LogP contribution in [-0.4, -0.2) is 28.9 Å². The smallest absolute Gasteiger partial charge is 0.255 e. The minimum absolute atomic E-state index is 0.113. The number of hydrogen-bond acceptors (Lipinski definition) is 1. The molecule has 1 fully saturated rings. The van der Waals surface area contributed by atoms with Crippen molar-refractivity contribution in [1.29, 1.82) is 0 Å². The number of fused-ring (bicyclic) bond motifs is 1. The first-order valence-corrected chi connectivity index (χ1v) is 6.52. The fourth-order valence-corrected chi connectivity index (χ4v) is 2.53. The topological polar surface area (TPSA) is 36.1 Å². The molecule has 1 aromatic carbocycles. The van der Waals surface area contributed by atoms with Crippen molar-refractivity contribution in [3.05, 3.63) is 36.0 Å². The molecule has 94 valence electrons. The first kappa shape index (κ1) is 11.3. The number of carbonyl (C=O) groups excluding carboxylic acids is 1. The van der Waals surface area contributed by atoms with E-state index in [1.807, 2.05) is 42.4 Å². The Hall–Kier alpha value is -1.77. The van der Waals surface area contributed by atoms with E-state index in [0.717, 1.165) is 16.5 Å². The number of hydrogen-bond donors (Lipinski definition) is 1. The largest absolute Gasteiger partial charge is 0.361 e. The summed E-state index contributed by atoms with van der Waals surface area (Å²) in [5, 5.41) is 1.09. The van der Waals surface area contributed by atoms with Crippen molar-refractivity contribution in [2.45, 2.75) is 25.8 Å². The van der Waals surface area contributed by atoms with Gasteiger partial charge in [-0.3, -0.25) is 4.79 Å². The lowest BCUT2D eigenvalue weighted by Crippen LogP contribution is -2.36. The molecule has 0 bridgehead atoms. The molecule has 1 atom stereocenters. The molecule has 1 unspecified atom stereocenters. The van der Waals surface area contributed by atoms with Gasteiger partial charge in [-0.05, 0) is 37.8 Å². The van der Waals surface area contributed by atoms with E-state index in [1.54, 1.807) is 0 Å². The number of aromatic amines is 1. The number of nitrogens with one attached hydrogen (secondary N) is 1. The zero-order chi connectivity index (χ0) is 12.7. The monoisotopic (exact) mass is 242 g/mol. The van der Waals surface area contributed by atoms with Crippen molar-refractivity contribution in [3.8, 4) is 0 Å². The first-order valence-electron chi connectivity index (χ1n) is 6.52. The van der Waals surface area contributed by atoms with Gasteiger partial charge in [0, 0.05) is 24.7 Å². The van der Waals surface area contributed by atoms with Gasteiger partial charge in [0.15, 0.2) is 0 Å². The van der Waals surface area contributed by atoms with Crippen LogP contribution in [0.4, 0.5) is 0 Å². The summed E-state index contributed by atoms with van der Waals surface area (Å²) in [6.45, 7) is 2.14. The van der Waals surface area contributed by atoms with Gasteiger partial charge in [-0.2, -0.15) is 0 Å². The normalized spacial score (nSPS) is 16.8. The average molecular weight is 242 g/mol. The maximum Gasteiger partial charge on any atom is 0.255 e. The molecular formula is C15H18N2O. The number of carbonyl (C=O) groups is 1. The summed E-state index contributed by atoms with van der Waals surface area (Å²) >= 11 is 0. The van der Waals surface area contributed by atoms with Gasteiger partial charge in [0.25, 0.3) is 5.91 Å². The minimum atomic E-state index is 0.113. The van der Waals surface area contributed by atoms with E-state index in [1.165, 1.54) is 12.8 Å². The summed E-state index contributed by atoms with van der Waals surface area (Å²) < 4.78 is 0. The Labute approximate surface area is 107 Å². The molecule has 1 aromatic heterocycles. The predicted molar refractivity (Wildman–Crippen MR) is 72.6 cm³/mol. The lowest BCUT2D eigenvalue weighted by atomic mass is 10.1. The zero-order valence-corrected chi connectivity index (χ0v) is 10.8. The Kier molecular flexibility index (Phi) is 2.62. The molecule has 0 spiro atoms. The molecule has 0 aliphatic heterocycles. The molecule has 3 rings (SSSR count). The second kappa shape index (κ2) is 4.16. The van der Waals surface area contributed by atoms with Crippen molar-refractivity contribution < 1.29 is 4.79 Å². The number of benzene rings is 1. The number of nitrogens with zero attached hydrogens (tertiary/aromatic N) is 1. The lowest BCUT2D eigenvalue weighted by Gasteiger charge is -2.25. The van der Waals surface area contributed by atoms with E-state index in [2.05, 4.69) is 11.9 Å². The van der Waals surface area contributed by atoms with Gasteiger partial charge < -0.3 is 9.88 Å². The van der Waals surface area contributed by atoms with Gasteiger partial charge in [0.05, 0.1) is 11.1 Å². The summed E-state index contributed by atoms with van der Waals surface area (Å²) in [5.74, 6) is 0.809.